The highest BCUT2D eigenvalue weighted by Gasteiger charge is 2.17. The number of aliphatic imine (C=N–C) groups is 1. The molecule has 0 aliphatic carbocycles. The molecule has 1 aliphatic heterocycles. The molecule has 0 atom stereocenters. The molecule has 2 heterocycles. The van der Waals surface area contributed by atoms with E-state index in [1.807, 2.05) is 24.3 Å². The summed E-state index contributed by atoms with van der Waals surface area (Å²) in [5.74, 6) is -0.0109. The van der Waals surface area contributed by atoms with E-state index >= 15 is 0 Å². The Labute approximate surface area is 171 Å². The topological polar surface area (TPSA) is 80.7 Å². The molecule has 6 nitrogen and oxygen atoms in total. The summed E-state index contributed by atoms with van der Waals surface area (Å²) >= 11 is 10.1. The number of fused-ring (bicyclic) bond motifs is 1. The fourth-order valence-electron chi connectivity index (χ4n) is 2.74. The van der Waals surface area contributed by atoms with Crippen LogP contribution in [-0.4, -0.2) is 20.8 Å². The van der Waals surface area contributed by atoms with Gasteiger partial charge in [0.2, 0.25) is 5.88 Å². The third-order valence-corrected chi connectivity index (χ3v) is 5.83. The van der Waals surface area contributed by atoms with E-state index in [0.29, 0.717) is 14.5 Å². The molecule has 2 aromatic carbocycles. The number of rotatable bonds is 3. The van der Waals surface area contributed by atoms with Gasteiger partial charge in [-0.25, -0.2) is 0 Å². The van der Waals surface area contributed by atoms with Crippen LogP contribution in [0, 0.1) is 14.1 Å². The molecule has 3 aromatic rings. The van der Waals surface area contributed by atoms with E-state index in [4.69, 9.17) is 12.2 Å². The van der Waals surface area contributed by atoms with E-state index in [1.54, 1.807) is 18.3 Å². The maximum absolute atomic E-state index is 10.8. The Hall–Kier alpha value is -2.62. The van der Waals surface area contributed by atoms with Gasteiger partial charge in [0.05, 0.1) is 21.2 Å². The zero-order chi connectivity index (χ0) is 19.1. The van der Waals surface area contributed by atoms with Crippen LogP contribution in [0.25, 0.3) is 17.3 Å². The Morgan fingerprint density at radius 3 is 2.70 bits per heavy atom. The van der Waals surface area contributed by atoms with Crippen LogP contribution in [0.2, 0.25) is 0 Å². The third-order valence-electron chi connectivity index (χ3n) is 4.03. The molecule has 1 aromatic heterocycles. The Balaban J connectivity index is 1.77. The first-order valence-electron chi connectivity index (χ1n) is 7.69. The zero-order valence-corrected chi connectivity index (χ0v) is 16.7. The van der Waals surface area contributed by atoms with Gasteiger partial charge in [-0.05, 0) is 48.6 Å². The number of thiazole rings is 1. The van der Waals surface area contributed by atoms with Crippen molar-refractivity contribution in [3.8, 4) is 11.6 Å². The highest BCUT2D eigenvalue weighted by atomic mass is 79.9. The summed E-state index contributed by atoms with van der Waals surface area (Å²) in [6.45, 7) is 0. The second-order valence-corrected chi connectivity index (χ2v) is 8.28. The van der Waals surface area contributed by atoms with E-state index in [-0.39, 0.29) is 11.6 Å². The smallest absolute Gasteiger partial charge is 0.269 e. The monoisotopic (exact) mass is 459 g/mol. The number of nitro groups is 1. The number of non-ortho nitro benzene ring substituents is 1. The fraction of sp³-hybridized carbons (Fsp3) is 0. The van der Waals surface area contributed by atoms with Crippen LogP contribution < -0.4 is 0 Å². The molecular formula is C18H10BrN3O3S2. The van der Waals surface area contributed by atoms with Gasteiger partial charge in [-0.15, -0.1) is 11.3 Å². The number of benzene rings is 2. The van der Waals surface area contributed by atoms with Crippen LogP contribution in [0.3, 0.4) is 0 Å². The van der Waals surface area contributed by atoms with Gasteiger partial charge in [0, 0.05) is 34.0 Å². The molecule has 0 radical (unpaired) electrons. The highest BCUT2D eigenvalue weighted by molar-refractivity contribution is 9.10. The number of aromatic hydroxyl groups is 1. The highest BCUT2D eigenvalue weighted by Crippen LogP contribution is 2.38. The van der Waals surface area contributed by atoms with Gasteiger partial charge in [-0.2, -0.15) is 0 Å². The molecule has 0 saturated carbocycles. The quantitative estimate of drug-likeness (QED) is 0.300. The number of hydrogen-bond acceptors (Lipinski definition) is 6. The Bertz CT molecular complexity index is 1190. The van der Waals surface area contributed by atoms with Gasteiger partial charge >= 0.3 is 0 Å². The van der Waals surface area contributed by atoms with Gasteiger partial charge in [0.15, 0.2) is 3.95 Å². The predicted molar refractivity (Wildman–Crippen MR) is 113 cm³/mol. The summed E-state index contributed by atoms with van der Waals surface area (Å²) in [5, 5.41) is 21.5. The van der Waals surface area contributed by atoms with Crippen molar-refractivity contribution in [3.05, 3.63) is 71.4 Å². The number of nitro benzene ring substituents is 1. The van der Waals surface area contributed by atoms with Crippen LogP contribution in [0.1, 0.15) is 10.4 Å². The van der Waals surface area contributed by atoms with Crippen molar-refractivity contribution >= 4 is 68.7 Å². The van der Waals surface area contributed by atoms with Gasteiger partial charge in [0.1, 0.15) is 0 Å². The minimum Gasteiger partial charge on any atom is -0.493 e. The lowest BCUT2D eigenvalue weighted by atomic mass is 10.1. The van der Waals surface area contributed by atoms with Crippen LogP contribution in [0.4, 0.5) is 11.4 Å². The van der Waals surface area contributed by atoms with E-state index in [9.17, 15) is 15.2 Å². The van der Waals surface area contributed by atoms with Crippen LogP contribution >= 0.6 is 39.5 Å². The maximum atomic E-state index is 10.8. The van der Waals surface area contributed by atoms with Crippen molar-refractivity contribution < 1.29 is 10.0 Å². The maximum Gasteiger partial charge on any atom is 0.269 e. The number of hydrogen-bond donors (Lipinski definition) is 1. The summed E-state index contributed by atoms with van der Waals surface area (Å²) < 4.78 is 2.87. The minimum atomic E-state index is -0.471. The molecule has 0 unspecified atom stereocenters. The van der Waals surface area contributed by atoms with Crippen molar-refractivity contribution in [1.29, 1.82) is 0 Å². The van der Waals surface area contributed by atoms with E-state index in [0.717, 1.165) is 21.3 Å². The molecule has 1 aliphatic rings. The number of aromatic nitrogens is 1. The number of nitrogens with zero attached hydrogens (tertiary/aromatic N) is 3. The average Bonchev–Trinajstić information content (AvgIpc) is 3.16. The zero-order valence-electron chi connectivity index (χ0n) is 13.5. The first kappa shape index (κ1) is 17.8. The van der Waals surface area contributed by atoms with Crippen LogP contribution in [0.15, 0.2) is 51.9 Å². The van der Waals surface area contributed by atoms with Crippen molar-refractivity contribution in [2.45, 2.75) is 0 Å². The average molecular weight is 460 g/mol. The number of halogens is 1. The van der Waals surface area contributed by atoms with Crippen molar-refractivity contribution in [3.63, 3.8) is 0 Å². The van der Waals surface area contributed by atoms with E-state index < -0.39 is 4.92 Å². The standard InChI is InChI=1S/C18H10BrN3O3S2/c19-11-1-6-15-14(8-11)10(9-20-15)7-16-17(23)21(18(26)27-16)12-2-4-13(5-3-12)22(24)25/h1-9,23H. The molecule has 9 heteroatoms. The minimum absolute atomic E-state index is 0.0109. The van der Waals surface area contributed by atoms with Gasteiger partial charge < -0.3 is 5.11 Å². The summed E-state index contributed by atoms with van der Waals surface area (Å²) in [4.78, 5) is 15.3. The summed E-state index contributed by atoms with van der Waals surface area (Å²) in [6, 6.07) is 11.7. The Morgan fingerprint density at radius 2 is 2.00 bits per heavy atom. The Kier molecular flexibility index (Phi) is 4.50. The summed E-state index contributed by atoms with van der Waals surface area (Å²) in [5.41, 5.74) is 3.24. The predicted octanol–water partition coefficient (Wildman–Crippen LogP) is 5.90. The largest absolute Gasteiger partial charge is 0.493 e. The molecule has 0 saturated heterocycles. The molecule has 0 amide bonds. The lowest BCUT2D eigenvalue weighted by Crippen LogP contribution is -1.94. The van der Waals surface area contributed by atoms with Gasteiger partial charge in [-0.3, -0.25) is 19.7 Å². The molecule has 0 fully saturated rings. The summed E-state index contributed by atoms with van der Waals surface area (Å²) in [7, 11) is 0. The van der Waals surface area contributed by atoms with Gasteiger partial charge in [0.25, 0.3) is 5.69 Å². The molecule has 27 heavy (non-hydrogen) atoms. The van der Waals surface area contributed by atoms with E-state index in [1.165, 1.54) is 28.0 Å². The molecule has 1 N–H and O–H groups in total. The summed E-state index contributed by atoms with van der Waals surface area (Å²) in [6.07, 6.45) is 3.58. The first-order valence-corrected chi connectivity index (χ1v) is 9.71. The molecule has 0 bridgehead atoms. The second-order valence-electron chi connectivity index (χ2n) is 5.68. The molecular weight excluding hydrogens is 450 g/mol. The second kappa shape index (κ2) is 6.84. The lowest BCUT2D eigenvalue weighted by molar-refractivity contribution is -0.384. The van der Waals surface area contributed by atoms with Crippen molar-refractivity contribution in [2.75, 3.05) is 0 Å². The molecule has 0 spiro atoms. The van der Waals surface area contributed by atoms with Crippen molar-refractivity contribution in [2.24, 2.45) is 4.99 Å². The fourth-order valence-corrected chi connectivity index (χ4v) is 4.41. The third kappa shape index (κ3) is 3.25. The van der Waals surface area contributed by atoms with Gasteiger partial charge in [-0.1, -0.05) is 15.9 Å². The van der Waals surface area contributed by atoms with Crippen LogP contribution in [0.5, 0.6) is 5.88 Å². The number of allylic oxidation sites excluding steroid dienone is 1. The molecule has 4 rings (SSSR count). The normalized spacial score (nSPS) is 13.9. The van der Waals surface area contributed by atoms with Crippen molar-refractivity contribution in [1.82, 2.24) is 4.57 Å². The molecule has 134 valence electrons. The van der Waals surface area contributed by atoms with Crippen LogP contribution in [-0.2, 0) is 0 Å². The van der Waals surface area contributed by atoms with E-state index in [2.05, 4.69) is 20.9 Å². The Morgan fingerprint density at radius 1 is 1.26 bits per heavy atom. The lowest BCUT2D eigenvalue weighted by Gasteiger charge is -2.04. The SMILES string of the molecule is O=[N+]([O-])c1ccc(-n2c(O)c(C=C3C=Nc4ccc(Br)cc43)sc2=S)cc1. The first-order chi connectivity index (χ1) is 12.9.